The molecule has 0 aromatic rings. The first kappa shape index (κ1) is 50.0. The van der Waals surface area contributed by atoms with Crippen LogP contribution >= 0.6 is 0 Å². The van der Waals surface area contributed by atoms with Gasteiger partial charge in [0.25, 0.3) is 0 Å². The number of carbonyl (C=O) groups excluding carboxylic acids is 2. The zero-order valence-electron chi connectivity index (χ0n) is 33.0. The van der Waals surface area contributed by atoms with Crippen LogP contribution < -0.4 is 10.6 Å². The van der Waals surface area contributed by atoms with Crippen molar-refractivity contribution in [1.29, 1.82) is 0 Å². The van der Waals surface area contributed by atoms with Crippen molar-refractivity contribution in [3.63, 3.8) is 0 Å². The van der Waals surface area contributed by atoms with Gasteiger partial charge in [-0.15, -0.1) is 0 Å². The molecule has 0 bridgehead atoms. The van der Waals surface area contributed by atoms with Gasteiger partial charge in [-0.05, 0) is 6.92 Å². The van der Waals surface area contributed by atoms with Crippen molar-refractivity contribution in [2.75, 3.05) is 26.4 Å². The van der Waals surface area contributed by atoms with Gasteiger partial charge < -0.3 is 125 Å². The molecule has 5 aliphatic heterocycles. The molecule has 5 rings (SSSR count). The van der Waals surface area contributed by atoms with E-state index in [1.807, 2.05) is 0 Å². The minimum Gasteiger partial charge on any atom is -0.394 e. The van der Waals surface area contributed by atoms with Crippen LogP contribution in [-0.2, 0) is 52.2 Å². The Morgan fingerprint density at radius 2 is 0.934 bits per heavy atom. The number of rotatable bonds is 14. The molecule has 61 heavy (non-hydrogen) atoms. The second-order valence-electron chi connectivity index (χ2n) is 15.4. The number of aliphatic hydroxyl groups excluding tert-OH is 14. The predicted octanol–water partition coefficient (Wildman–Crippen LogP) is -10.6. The highest BCUT2D eigenvalue weighted by Crippen LogP contribution is 2.36. The third kappa shape index (κ3) is 10.9. The summed E-state index contributed by atoms with van der Waals surface area (Å²) in [7, 11) is 0. The molecule has 5 fully saturated rings. The summed E-state index contributed by atoms with van der Waals surface area (Å²) in [6.45, 7) is 0.0607. The first-order chi connectivity index (χ1) is 28.7. The number of hydrogen-bond donors (Lipinski definition) is 16. The fourth-order valence-electron chi connectivity index (χ4n) is 7.66. The van der Waals surface area contributed by atoms with Gasteiger partial charge in [-0.3, -0.25) is 9.59 Å². The SMILES string of the molecule is CC(=O)N[C@H]1[C@H](OC[C@H]2OC(O)[C@H](NC(C)=O)[C@@H](O[C@@H]3O[C@H](CO)[C@H](O[C@@H]4O[C@H](CO)[C@H](O)[C@H](O)[C@H]4O)[C@H](O)[C@H]3O[C@@H]3O[C@@H](C)[C@@H](O)[C@@H](O)[C@@H]3O)[C@H]2O)O[C@H](CO)[C@@H](O)[C@@H]1O. The van der Waals surface area contributed by atoms with E-state index in [1.54, 1.807) is 0 Å². The monoisotopic (exact) mass is 894 g/mol. The fraction of sp³-hybridized carbons (Fsp3) is 0.941. The molecule has 27 nitrogen and oxygen atoms in total. The van der Waals surface area contributed by atoms with Gasteiger partial charge in [-0.25, -0.2) is 0 Å². The number of amides is 2. The number of nitrogens with one attached hydrogen (secondary N) is 2. The molecule has 0 aromatic carbocycles. The molecule has 5 aliphatic rings. The molecular weight excluding hydrogens is 836 g/mol. The summed E-state index contributed by atoms with van der Waals surface area (Å²) < 4.78 is 51.5. The van der Waals surface area contributed by atoms with E-state index in [0.29, 0.717) is 0 Å². The lowest BCUT2D eigenvalue weighted by atomic mass is 9.94. The average Bonchev–Trinajstić information content (AvgIpc) is 3.21. The van der Waals surface area contributed by atoms with Gasteiger partial charge in [0.1, 0.15) is 116 Å². The van der Waals surface area contributed by atoms with Crippen molar-refractivity contribution in [3.8, 4) is 0 Å². The molecule has 0 aliphatic carbocycles. The summed E-state index contributed by atoms with van der Waals surface area (Å²) in [5.41, 5.74) is 0. The minimum atomic E-state index is -2.12. The second-order valence-corrected chi connectivity index (χ2v) is 15.4. The highest BCUT2D eigenvalue weighted by atomic mass is 16.8. The van der Waals surface area contributed by atoms with Crippen molar-refractivity contribution < 1.29 is 124 Å². The van der Waals surface area contributed by atoms with Crippen molar-refractivity contribution in [2.24, 2.45) is 0 Å². The molecule has 0 saturated carbocycles. The highest BCUT2D eigenvalue weighted by molar-refractivity contribution is 5.73. The molecule has 5 saturated heterocycles. The van der Waals surface area contributed by atoms with Gasteiger partial charge in [0.2, 0.25) is 11.8 Å². The molecule has 1 unspecified atom stereocenters. The van der Waals surface area contributed by atoms with Crippen LogP contribution in [0.25, 0.3) is 0 Å². The summed E-state index contributed by atoms with van der Waals surface area (Å²) in [5, 5.41) is 153. The smallest absolute Gasteiger partial charge is 0.217 e. The summed E-state index contributed by atoms with van der Waals surface area (Å²) >= 11 is 0. The average molecular weight is 895 g/mol. The van der Waals surface area contributed by atoms with E-state index in [0.717, 1.165) is 13.8 Å². The topological polar surface area (TPSA) is 424 Å². The van der Waals surface area contributed by atoms with Crippen LogP contribution in [0.2, 0.25) is 0 Å². The molecule has 0 spiro atoms. The van der Waals surface area contributed by atoms with Gasteiger partial charge in [0.05, 0.1) is 32.5 Å². The molecule has 5 heterocycles. The molecule has 25 atom stereocenters. The van der Waals surface area contributed by atoms with Crippen LogP contribution in [0, 0.1) is 0 Å². The van der Waals surface area contributed by atoms with E-state index >= 15 is 0 Å². The first-order valence-corrected chi connectivity index (χ1v) is 19.4. The lowest BCUT2D eigenvalue weighted by Crippen LogP contribution is -2.70. The maximum atomic E-state index is 12.3. The Morgan fingerprint density at radius 3 is 1.51 bits per heavy atom. The van der Waals surface area contributed by atoms with E-state index in [9.17, 15) is 81.1 Å². The Bertz CT molecular complexity index is 1420. The van der Waals surface area contributed by atoms with E-state index < -0.39 is 192 Å². The van der Waals surface area contributed by atoms with Crippen molar-refractivity contribution in [2.45, 2.75) is 174 Å². The number of ether oxygens (including phenoxy) is 9. The Hall–Kier alpha value is -1.98. The standard InChI is InChI=1S/C34H58N2O25/c1-8-17(42)22(47)24(49)32(54-8)61-29-26(51)27(59-33-25(50)23(48)19(44)12(5-38)57-33)13(6-39)58-34(29)60-28-16(36-10(3)41)30(52)55-14(20(28)45)7-53-31-15(35-9(2)40)21(46)18(43)11(4-37)56-31/h8,11-34,37-39,42-52H,4-7H2,1-3H3,(H,35,40)(H,36,41)/t8-,11+,12+,13+,14+,15+,16+,17+,18+,19-,20-,21+,22+,23-,24-,25+,26-,27-,28+,29+,30?,31+,32-,33-,34-/m0/s1. The predicted molar refractivity (Wildman–Crippen MR) is 188 cm³/mol. The molecule has 27 heteroatoms. The van der Waals surface area contributed by atoms with E-state index in [2.05, 4.69) is 10.6 Å². The van der Waals surface area contributed by atoms with Crippen LogP contribution in [0.1, 0.15) is 20.8 Å². The van der Waals surface area contributed by atoms with E-state index in [-0.39, 0.29) is 0 Å². The van der Waals surface area contributed by atoms with Gasteiger partial charge >= 0.3 is 0 Å². The fourth-order valence-corrected chi connectivity index (χ4v) is 7.66. The molecule has 354 valence electrons. The Kier molecular flexibility index (Phi) is 17.5. The highest BCUT2D eigenvalue weighted by Gasteiger charge is 2.57. The van der Waals surface area contributed by atoms with Crippen LogP contribution in [0.5, 0.6) is 0 Å². The maximum Gasteiger partial charge on any atom is 0.217 e. The first-order valence-electron chi connectivity index (χ1n) is 19.4. The second kappa shape index (κ2) is 21.3. The van der Waals surface area contributed by atoms with Crippen LogP contribution in [0.15, 0.2) is 0 Å². The third-order valence-electron chi connectivity index (χ3n) is 11.1. The zero-order valence-corrected chi connectivity index (χ0v) is 33.0. The minimum absolute atomic E-state index is 0.674. The van der Waals surface area contributed by atoms with Crippen molar-refractivity contribution in [3.05, 3.63) is 0 Å². The third-order valence-corrected chi connectivity index (χ3v) is 11.1. The number of carbonyl (C=O) groups is 2. The van der Waals surface area contributed by atoms with Crippen molar-refractivity contribution in [1.82, 2.24) is 10.6 Å². The van der Waals surface area contributed by atoms with Gasteiger partial charge in [-0.1, -0.05) is 0 Å². The van der Waals surface area contributed by atoms with Gasteiger partial charge in [-0.2, -0.15) is 0 Å². The lowest BCUT2D eigenvalue weighted by Gasteiger charge is -2.50. The molecule has 2 amide bonds. The Labute approximate surface area is 346 Å². The summed E-state index contributed by atoms with van der Waals surface area (Å²) in [6.07, 6.45) is -41.2. The number of hydrogen-bond acceptors (Lipinski definition) is 25. The van der Waals surface area contributed by atoms with Gasteiger partial charge in [0, 0.05) is 13.8 Å². The lowest BCUT2D eigenvalue weighted by molar-refractivity contribution is -0.397. The maximum absolute atomic E-state index is 12.3. The molecule has 16 N–H and O–H groups in total. The molecule has 0 aromatic heterocycles. The van der Waals surface area contributed by atoms with Crippen LogP contribution in [0.4, 0.5) is 0 Å². The Balaban J connectivity index is 1.44. The van der Waals surface area contributed by atoms with Crippen LogP contribution in [0.3, 0.4) is 0 Å². The summed E-state index contributed by atoms with van der Waals surface area (Å²) in [4.78, 5) is 24.3. The normalized spacial score (nSPS) is 49.6. The van der Waals surface area contributed by atoms with Crippen LogP contribution in [-0.4, -0.2) is 263 Å². The quantitative estimate of drug-likeness (QED) is 0.0770. The Morgan fingerprint density at radius 1 is 0.459 bits per heavy atom. The van der Waals surface area contributed by atoms with Crippen molar-refractivity contribution >= 4 is 11.8 Å². The zero-order chi connectivity index (χ0) is 45.2. The van der Waals surface area contributed by atoms with Gasteiger partial charge in [0.15, 0.2) is 31.5 Å². The largest absolute Gasteiger partial charge is 0.394 e. The van der Waals surface area contributed by atoms with E-state index in [4.69, 9.17) is 42.6 Å². The summed E-state index contributed by atoms with van der Waals surface area (Å²) in [6, 6.07) is -3.09. The number of aliphatic hydroxyl groups is 14. The van der Waals surface area contributed by atoms with E-state index in [1.165, 1.54) is 6.92 Å². The molecular formula is C34H58N2O25. The summed E-state index contributed by atoms with van der Waals surface area (Å²) in [5.74, 6) is -1.45. The molecule has 0 radical (unpaired) electrons.